The first-order valence-electron chi connectivity index (χ1n) is 17.7. The molecule has 1 spiro atoms. The maximum atomic E-state index is 5.44. The molecule has 0 radical (unpaired) electrons. The largest absolute Gasteiger partial charge is 0.247 e. The van der Waals surface area contributed by atoms with Crippen LogP contribution in [0.4, 0.5) is 0 Å². The minimum absolute atomic E-state index is 0.404. The van der Waals surface area contributed by atoms with Gasteiger partial charge in [0.15, 0.2) is 0 Å². The van der Waals surface area contributed by atoms with E-state index in [4.69, 9.17) is 4.98 Å². The van der Waals surface area contributed by atoms with Gasteiger partial charge >= 0.3 is 0 Å². The highest BCUT2D eigenvalue weighted by atomic mass is 14.7. The summed E-state index contributed by atoms with van der Waals surface area (Å²) in [5.41, 5.74) is 18.2. The van der Waals surface area contributed by atoms with E-state index in [9.17, 15) is 0 Å². The molecule has 51 heavy (non-hydrogen) atoms. The summed E-state index contributed by atoms with van der Waals surface area (Å²) in [5, 5.41) is 3.59. The van der Waals surface area contributed by atoms with Crippen LogP contribution in [0.5, 0.6) is 0 Å². The van der Waals surface area contributed by atoms with Crippen LogP contribution in [-0.4, -0.2) is 4.98 Å². The van der Waals surface area contributed by atoms with Gasteiger partial charge in [-0.05, 0) is 96.4 Å². The van der Waals surface area contributed by atoms with E-state index in [1.807, 2.05) is 0 Å². The molecule has 2 aliphatic carbocycles. The molecule has 0 saturated carbocycles. The third-order valence-corrected chi connectivity index (χ3v) is 11.3. The van der Waals surface area contributed by atoms with Crippen LogP contribution in [0.1, 0.15) is 22.3 Å². The number of fused-ring (bicyclic) bond motifs is 13. The van der Waals surface area contributed by atoms with Crippen LogP contribution >= 0.6 is 0 Å². The van der Waals surface area contributed by atoms with Gasteiger partial charge in [0, 0.05) is 16.3 Å². The van der Waals surface area contributed by atoms with Crippen molar-refractivity contribution in [1.29, 1.82) is 0 Å². The summed E-state index contributed by atoms with van der Waals surface area (Å²) in [7, 11) is 0. The summed E-state index contributed by atoms with van der Waals surface area (Å²) in [4.78, 5) is 5.44. The van der Waals surface area contributed by atoms with Crippen molar-refractivity contribution in [1.82, 2.24) is 4.98 Å². The van der Waals surface area contributed by atoms with Crippen molar-refractivity contribution in [2.24, 2.45) is 0 Å². The number of rotatable bonds is 3. The Labute approximate surface area is 297 Å². The maximum absolute atomic E-state index is 5.44. The van der Waals surface area contributed by atoms with Gasteiger partial charge in [0.05, 0.1) is 16.6 Å². The van der Waals surface area contributed by atoms with Crippen molar-refractivity contribution >= 4 is 21.7 Å². The Hall–Kier alpha value is -6.57. The average molecular weight is 646 g/mol. The van der Waals surface area contributed by atoms with Crippen molar-refractivity contribution in [2.45, 2.75) is 5.41 Å². The highest BCUT2D eigenvalue weighted by molar-refractivity contribution is 6.14. The highest BCUT2D eigenvalue weighted by Crippen LogP contribution is 2.63. The standard InChI is InChI=1S/C50H31N/c1-2-13-32(14-3-1)33-25-27-34(28-26-33)35-15-12-16-36(29-35)49-43-31-47-42(30-41(43)40-20-7-11-24-48(40)51-49)39-19-6-10-23-46(39)50(47)44-21-8-4-17-37(44)38-18-5-9-22-45(38)50/h1-31H. The van der Waals surface area contributed by atoms with Crippen molar-refractivity contribution in [2.75, 3.05) is 0 Å². The molecule has 0 aliphatic heterocycles. The SMILES string of the molecule is c1ccc(-c2ccc(-c3cccc(-c4nc5ccccc5c5cc6c(cc45)C4(c5ccccc5-c5ccccc54)c4ccccc4-6)c3)cc2)cc1. The van der Waals surface area contributed by atoms with E-state index in [1.54, 1.807) is 0 Å². The normalized spacial score (nSPS) is 13.3. The van der Waals surface area contributed by atoms with E-state index in [0.29, 0.717) is 0 Å². The summed E-state index contributed by atoms with van der Waals surface area (Å²) >= 11 is 0. The smallest absolute Gasteiger partial charge is 0.0788 e. The summed E-state index contributed by atoms with van der Waals surface area (Å²) in [6.45, 7) is 0. The van der Waals surface area contributed by atoms with Gasteiger partial charge in [-0.1, -0.05) is 164 Å². The Bertz CT molecular complexity index is 2800. The number of nitrogens with zero attached hydrogens (tertiary/aromatic N) is 1. The lowest BCUT2D eigenvalue weighted by Gasteiger charge is -2.30. The van der Waals surface area contributed by atoms with Crippen LogP contribution in [0.3, 0.4) is 0 Å². The third-order valence-electron chi connectivity index (χ3n) is 11.3. The molecule has 236 valence electrons. The minimum atomic E-state index is -0.404. The fraction of sp³-hybridized carbons (Fsp3) is 0.0200. The van der Waals surface area contributed by atoms with Gasteiger partial charge in [0.25, 0.3) is 0 Å². The van der Waals surface area contributed by atoms with Crippen LogP contribution in [0, 0.1) is 0 Å². The van der Waals surface area contributed by atoms with E-state index < -0.39 is 5.41 Å². The lowest BCUT2D eigenvalue weighted by molar-refractivity contribution is 0.795. The molecular formula is C50H31N. The van der Waals surface area contributed by atoms with Gasteiger partial charge in [0.2, 0.25) is 0 Å². The second kappa shape index (κ2) is 10.7. The molecule has 0 bridgehead atoms. The number of para-hydroxylation sites is 1. The number of hydrogen-bond donors (Lipinski definition) is 0. The molecule has 8 aromatic carbocycles. The number of benzene rings is 8. The zero-order chi connectivity index (χ0) is 33.5. The molecule has 9 aromatic rings. The van der Waals surface area contributed by atoms with Crippen molar-refractivity contribution in [3.05, 3.63) is 210 Å². The Kier molecular flexibility index (Phi) is 5.94. The van der Waals surface area contributed by atoms with Crippen molar-refractivity contribution < 1.29 is 0 Å². The maximum Gasteiger partial charge on any atom is 0.0788 e. The molecular weight excluding hydrogens is 615 g/mol. The predicted octanol–water partition coefficient (Wildman–Crippen LogP) is 12.7. The van der Waals surface area contributed by atoms with Crippen LogP contribution < -0.4 is 0 Å². The molecule has 0 amide bonds. The molecule has 1 heterocycles. The van der Waals surface area contributed by atoms with Gasteiger partial charge < -0.3 is 0 Å². The topological polar surface area (TPSA) is 12.9 Å². The van der Waals surface area contributed by atoms with Crippen molar-refractivity contribution in [3.8, 4) is 55.8 Å². The number of hydrogen-bond acceptors (Lipinski definition) is 1. The van der Waals surface area contributed by atoms with Crippen LogP contribution in [0.25, 0.3) is 77.4 Å². The second-order valence-corrected chi connectivity index (χ2v) is 13.8. The van der Waals surface area contributed by atoms with E-state index in [-0.39, 0.29) is 0 Å². The molecule has 0 atom stereocenters. The fourth-order valence-corrected chi connectivity index (χ4v) is 9.09. The van der Waals surface area contributed by atoms with Gasteiger partial charge in [0.1, 0.15) is 0 Å². The quantitative estimate of drug-likeness (QED) is 0.174. The van der Waals surface area contributed by atoms with Crippen LogP contribution in [0.2, 0.25) is 0 Å². The molecule has 0 fully saturated rings. The molecule has 11 rings (SSSR count). The average Bonchev–Trinajstić information content (AvgIpc) is 3.67. The third kappa shape index (κ3) is 3.95. The first kappa shape index (κ1) is 28.3. The van der Waals surface area contributed by atoms with Crippen LogP contribution in [0.15, 0.2) is 188 Å². The summed E-state index contributed by atoms with van der Waals surface area (Å²) in [5.74, 6) is 0. The molecule has 1 aromatic heterocycles. The number of pyridine rings is 1. The molecule has 1 heteroatoms. The Morgan fingerprint density at radius 3 is 1.49 bits per heavy atom. The van der Waals surface area contributed by atoms with E-state index >= 15 is 0 Å². The molecule has 2 aliphatic rings. The monoisotopic (exact) mass is 645 g/mol. The Balaban J connectivity index is 1.17. The van der Waals surface area contributed by atoms with Crippen LogP contribution in [-0.2, 0) is 5.41 Å². The lowest BCUT2D eigenvalue weighted by atomic mass is 9.70. The molecule has 0 saturated heterocycles. The molecule has 0 N–H and O–H groups in total. The Morgan fingerprint density at radius 1 is 0.294 bits per heavy atom. The van der Waals surface area contributed by atoms with Gasteiger partial charge in [-0.2, -0.15) is 0 Å². The molecule has 0 unspecified atom stereocenters. The van der Waals surface area contributed by atoms with Gasteiger partial charge in [-0.15, -0.1) is 0 Å². The minimum Gasteiger partial charge on any atom is -0.247 e. The second-order valence-electron chi connectivity index (χ2n) is 13.8. The highest BCUT2D eigenvalue weighted by Gasteiger charge is 2.51. The van der Waals surface area contributed by atoms with Gasteiger partial charge in [-0.3, -0.25) is 0 Å². The summed E-state index contributed by atoms with van der Waals surface area (Å²) < 4.78 is 0. The van der Waals surface area contributed by atoms with Crippen molar-refractivity contribution in [3.63, 3.8) is 0 Å². The zero-order valence-electron chi connectivity index (χ0n) is 27.8. The summed E-state index contributed by atoms with van der Waals surface area (Å²) in [6.07, 6.45) is 0. The first-order valence-corrected chi connectivity index (χ1v) is 17.7. The Morgan fingerprint density at radius 2 is 0.804 bits per heavy atom. The lowest BCUT2D eigenvalue weighted by Crippen LogP contribution is -2.25. The number of aromatic nitrogens is 1. The zero-order valence-corrected chi connectivity index (χ0v) is 27.8. The molecule has 1 nitrogen and oxygen atoms in total. The van der Waals surface area contributed by atoms with E-state index in [0.717, 1.165) is 16.8 Å². The van der Waals surface area contributed by atoms with Gasteiger partial charge in [-0.25, -0.2) is 4.98 Å². The fourth-order valence-electron chi connectivity index (χ4n) is 9.09. The van der Waals surface area contributed by atoms with E-state index in [2.05, 4.69) is 188 Å². The summed E-state index contributed by atoms with van der Waals surface area (Å²) in [6, 6.07) is 69.0. The first-order chi connectivity index (χ1) is 25.3. The predicted molar refractivity (Wildman–Crippen MR) is 212 cm³/mol. The van der Waals surface area contributed by atoms with E-state index in [1.165, 1.54) is 82.9 Å².